The zero-order chi connectivity index (χ0) is 16.4. The molecule has 0 N–H and O–H groups in total. The van der Waals surface area contributed by atoms with Crippen LogP contribution >= 0.6 is 0 Å². The lowest BCUT2D eigenvalue weighted by Gasteiger charge is -2.55. The molecule has 2 aromatic heterocycles. The Kier molecular flexibility index (Phi) is 4.23. The molecule has 2 aliphatic rings. The molecule has 126 valence electrons. The van der Waals surface area contributed by atoms with Crippen LogP contribution < -0.4 is 4.90 Å². The quantitative estimate of drug-likeness (QED) is 0.864. The maximum Gasteiger partial charge on any atom is 0.128 e. The summed E-state index contributed by atoms with van der Waals surface area (Å²) in [6.45, 7) is 3.33. The lowest BCUT2D eigenvalue weighted by atomic mass is 9.60. The molecule has 1 saturated carbocycles. The van der Waals surface area contributed by atoms with Gasteiger partial charge in [0.15, 0.2) is 0 Å². The Labute approximate surface area is 144 Å². The summed E-state index contributed by atoms with van der Waals surface area (Å²) >= 11 is 0. The molecule has 1 saturated heterocycles. The van der Waals surface area contributed by atoms with E-state index in [4.69, 9.17) is 0 Å². The van der Waals surface area contributed by atoms with E-state index in [1.165, 1.54) is 31.2 Å². The highest BCUT2D eigenvalue weighted by Gasteiger charge is 2.47. The topological polar surface area (TPSA) is 32.3 Å². The van der Waals surface area contributed by atoms with Crippen LogP contribution in [0.1, 0.15) is 31.2 Å². The molecular weight excluding hydrogens is 296 g/mol. The van der Waals surface area contributed by atoms with Crippen molar-refractivity contribution >= 4 is 5.82 Å². The second kappa shape index (κ2) is 6.52. The molecule has 24 heavy (non-hydrogen) atoms. The summed E-state index contributed by atoms with van der Waals surface area (Å²) in [5.74, 6) is 1.14. The van der Waals surface area contributed by atoms with Crippen molar-refractivity contribution in [2.24, 2.45) is 5.41 Å². The predicted molar refractivity (Wildman–Crippen MR) is 96.8 cm³/mol. The van der Waals surface area contributed by atoms with Crippen LogP contribution in [0.5, 0.6) is 0 Å². The largest absolute Gasteiger partial charge is 0.357 e. The van der Waals surface area contributed by atoms with Gasteiger partial charge in [-0.3, -0.25) is 9.88 Å². The Balaban J connectivity index is 1.28. The maximum atomic E-state index is 4.50. The first-order valence-corrected chi connectivity index (χ1v) is 8.99. The van der Waals surface area contributed by atoms with Gasteiger partial charge in [-0.05, 0) is 68.0 Å². The minimum atomic E-state index is 0.586. The van der Waals surface area contributed by atoms with Crippen molar-refractivity contribution in [1.82, 2.24) is 14.9 Å². The molecule has 0 atom stereocenters. The number of piperidine rings is 1. The maximum absolute atomic E-state index is 4.50. The number of hydrogen-bond acceptors (Lipinski definition) is 4. The lowest BCUT2D eigenvalue weighted by molar-refractivity contribution is -0.00875. The van der Waals surface area contributed by atoms with Gasteiger partial charge in [0.1, 0.15) is 5.82 Å². The SMILES string of the molecule is CN(Cc1ccncc1)C1CC2(CCN(c3ccccn3)CC2)C1. The van der Waals surface area contributed by atoms with Gasteiger partial charge in [0.05, 0.1) is 0 Å². The second-order valence-corrected chi connectivity index (χ2v) is 7.51. The molecule has 1 aliphatic heterocycles. The predicted octanol–water partition coefficient (Wildman–Crippen LogP) is 3.36. The van der Waals surface area contributed by atoms with E-state index >= 15 is 0 Å². The van der Waals surface area contributed by atoms with Crippen LogP contribution in [-0.2, 0) is 6.54 Å². The average Bonchev–Trinajstić information content (AvgIpc) is 2.61. The highest BCUT2D eigenvalue weighted by atomic mass is 15.2. The number of aromatic nitrogens is 2. The minimum Gasteiger partial charge on any atom is -0.357 e. The first-order valence-electron chi connectivity index (χ1n) is 8.99. The molecule has 2 fully saturated rings. The highest BCUT2D eigenvalue weighted by Crippen LogP contribution is 2.51. The molecule has 0 amide bonds. The number of rotatable bonds is 4. The molecule has 4 heteroatoms. The van der Waals surface area contributed by atoms with Gasteiger partial charge in [-0.15, -0.1) is 0 Å². The fraction of sp³-hybridized carbons (Fsp3) is 0.500. The van der Waals surface area contributed by atoms with Crippen LogP contribution in [-0.4, -0.2) is 41.0 Å². The van der Waals surface area contributed by atoms with Crippen molar-refractivity contribution < 1.29 is 0 Å². The smallest absolute Gasteiger partial charge is 0.128 e. The van der Waals surface area contributed by atoms with Gasteiger partial charge >= 0.3 is 0 Å². The number of anilines is 1. The summed E-state index contributed by atoms with van der Waals surface area (Å²) in [5, 5.41) is 0. The molecule has 4 nitrogen and oxygen atoms in total. The monoisotopic (exact) mass is 322 g/mol. The van der Waals surface area contributed by atoms with Gasteiger partial charge in [0, 0.05) is 44.3 Å². The molecule has 2 aromatic rings. The van der Waals surface area contributed by atoms with E-state index < -0.39 is 0 Å². The normalized spacial score (nSPS) is 20.3. The van der Waals surface area contributed by atoms with Gasteiger partial charge in [-0.25, -0.2) is 4.98 Å². The van der Waals surface area contributed by atoms with E-state index in [1.54, 1.807) is 0 Å². The minimum absolute atomic E-state index is 0.586. The van der Waals surface area contributed by atoms with Gasteiger partial charge in [-0.2, -0.15) is 0 Å². The Morgan fingerprint density at radius 3 is 2.50 bits per heavy atom. The van der Waals surface area contributed by atoms with E-state index in [0.717, 1.165) is 31.5 Å². The van der Waals surface area contributed by atoms with Crippen molar-refractivity contribution in [3.8, 4) is 0 Å². The molecule has 0 unspecified atom stereocenters. The van der Waals surface area contributed by atoms with Crippen molar-refractivity contribution in [3.63, 3.8) is 0 Å². The molecule has 1 spiro atoms. The zero-order valence-electron chi connectivity index (χ0n) is 14.4. The third-order valence-electron chi connectivity index (χ3n) is 5.94. The molecule has 1 aliphatic carbocycles. The van der Waals surface area contributed by atoms with Crippen molar-refractivity contribution in [1.29, 1.82) is 0 Å². The molecule has 0 radical (unpaired) electrons. The fourth-order valence-corrected chi connectivity index (χ4v) is 4.32. The fourth-order valence-electron chi connectivity index (χ4n) is 4.32. The van der Waals surface area contributed by atoms with Gasteiger partial charge in [0.2, 0.25) is 0 Å². The Hall–Kier alpha value is -1.94. The van der Waals surface area contributed by atoms with Gasteiger partial charge in [-0.1, -0.05) is 6.07 Å². The standard InChI is InChI=1S/C20H26N4/c1-23(16-17-5-10-21-11-6-17)18-14-20(15-18)7-12-24(13-8-20)19-4-2-3-9-22-19/h2-6,9-11,18H,7-8,12-16H2,1H3. The van der Waals surface area contributed by atoms with E-state index in [0.29, 0.717) is 5.41 Å². The first-order chi connectivity index (χ1) is 11.7. The summed E-state index contributed by atoms with van der Waals surface area (Å²) in [6.07, 6.45) is 11.0. The summed E-state index contributed by atoms with van der Waals surface area (Å²) in [5.41, 5.74) is 1.95. The third-order valence-corrected chi connectivity index (χ3v) is 5.94. The molecule has 3 heterocycles. The second-order valence-electron chi connectivity index (χ2n) is 7.51. The Bertz CT molecular complexity index is 642. The van der Waals surface area contributed by atoms with Crippen LogP contribution in [0.4, 0.5) is 5.82 Å². The number of pyridine rings is 2. The van der Waals surface area contributed by atoms with E-state index in [1.807, 2.05) is 24.7 Å². The summed E-state index contributed by atoms with van der Waals surface area (Å²) in [7, 11) is 2.26. The molecule has 0 bridgehead atoms. The van der Waals surface area contributed by atoms with Crippen LogP contribution in [0.15, 0.2) is 48.9 Å². The summed E-state index contributed by atoms with van der Waals surface area (Å²) < 4.78 is 0. The van der Waals surface area contributed by atoms with Gasteiger partial charge in [0.25, 0.3) is 0 Å². The number of hydrogen-bond donors (Lipinski definition) is 0. The van der Waals surface area contributed by atoms with Crippen LogP contribution in [0.3, 0.4) is 0 Å². The van der Waals surface area contributed by atoms with Crippen LogP contribution in [0.2, 0.25) is 0 Å². The average molecular weight is 322 g/mol. The van der Waals surface area contributed by atoms with Crippen molar-refractivity contribution in [2.75, 3.05) is 25.0 Å². The van der Waals surface area contributed by atoms with Gasteiger partial charge < -0.3 is 4.90 Å². The van der Waals surface area contributed by atoms with E-state index in [2.05, 4.69) is 51.1 Å². The zero-order valence-corrected chi connectivity index (χ0v) is 14.4. The summed E-state index contributed by atoms with van der Waals surface area (Å²) in [4.78, 5) is 13.6. The highest BCUT2D eigenvalue weighted by molar-refractivity contribution is 5.38. The van der Waals surface area contributed by atoms with Crippen LogP contribution in [0.25, 0.3) is 0 Å². The molecule has 0 aromatic carbocycles. The Morgan fingerprint density at radius 2 is 1.83 bits per heavy atom. The van der Waals surface area contributed by atoms with Crippen LogP contribution in [0, 0.1) is 5.41 Å². The summed E-state index contributed by atoms with van der Waals surface area (Å²) in [6, 6.07) is 11.2. The molecular formula is C20H26N4. The van der Waals surface area contributed by atoms with E-state index in [9.17, 15) is 0 Å². The van der Waals surface area contributed by atoms with Crippen molar-refractivity contribution in [3.05, 3.63) is 54.5 Å². The lowest BCUT2D eigenvalue weighted by Crippen LogP contribution is -2.54. The first kappa shape index (κ1) is 15.6. The number of nitrogens with zero attached hydrogens (tertiary/aromatic N) is 4. The van der Waals surface area contributed by atoms with Crippen molar-refractivity contribution in [2.45, 2.75) is 38.3 Å². The Morgan fingerprint density at radius 1 is 1.08 bits per heavy atom. The third kappa shape index (κ3) is 3.16. The van der Waals surface area contributed by atoms with E-state index in [-0.39, 0.29) is 0 Å². The molecule has 4 rings (SSSR count).